The molecule has 0 bridgehead atoms. The Bertz CT molecular complexity index is 1410. The van der Waals surface area contributed by atoms with E-state index in [2.05, 4.69) is 37.5 Å². The lowest BCUT2D eigenvalue weighted by Gasteiger charge is -2.29. The van der Waals surface area contributed by atoms with Crippen molar-refractivity contribution in [2.24, 2.45) is 0 Å². The van der Waals surface area contributed by atoms with E-state index in [1.807, 2.05) is 34.9 Å². The maximum absolute atomic E-state index is 13.1. The summed E-state index contributed by atoms with van der Waals surface area (Å²) in [6, 6.07) is 11.9. The molecule has 4 heterocycles. The van der Waals surface area contributed by atoms with E-state index in [9.17, 15) is 9.59 Å². The number of aromatic nitrogens is 4. The number of H-pyrrole nitrogens is 1. The number of nitrogens with zero attached hydrogens (tertiary/aromatic N) is 4. The SMILES string of the molecule is O=C(NC1CCC(c2n[nH]c(=O)c3ccccc23)CC1)c1cnc2cc(N3CCCC3)ccn12. The smallest absolute Gasteiger partial charge is 0.272 e. The fourth-order valence-corrected chi connectivity index (χ4v) is 5.53. The van der Waals surface area contributed by atoms with E-state index in [4.69, 9.17) is 0 Å². The van der Waals surface area contributed by atoms with Crippen LogP contribution in [0.15, 0.2) is 53.6 Å². The summed E-state index contributed by atoms with van der Waals surface area (Å²) in [4.78, 5) is 32.0. The van der Waals surface area contributed by atoms with Gasteiger partial charge in [-0.25, -0.2) is 10.1 Å². The first-order chi connectivity index (χ1) is 16.7. The molecule has 1 aromatic carbocycles. The third-order valence-electron chi connectivity index (χ3n) is 7.38. The second-order valence-electron chi connectivity index (χ2n) is 9.46. The zero-order chi connectivity index (χ0) is 23.1. The van der Waals surface area contributed by atoms with Gasteiger partial charge in [-0.15, -0.1) is 0 Å². The summed E-state index contributed by atoms with van der Waals surface area (Å²) in [6.45, 7) is 2.16. The molecule has 1 aliphatic heterocycles. The number of hydrogen-bond donors (Lipinski definition) is 2. The van der Waals surface area contributed by atoms with E-state index in [1.54, 1.807) is 6.20 Å². The van der Waals surface area contributed by atoms with Crippen LogP contribution in [-0.4, -0.2) is 44.6 Å². The quantitative estimate of drug-likeness (QED) is 0.489. The van der Waals surface area contributed by atoms with Crippen molar-refractivity contribution in [1.29, 1.82) is 0 Å². The van der Waals surface area contributed by atoms with Crippen LogP contribution in [0.25, 0.3) is 16.4 Å². The van der Waals surface area contributed by atoms with Crippen molar-refractivity contribution in [1.82, 2.24) is 24.9 Å². The number of hydrogen-bond acceptors (Lipinski definition) is 5. The third-order valence-corrected chi connectivity index (χ3v) is 7.38. The second kappa shape index (κ2) is 8.59. The molecule has 0 atom stereocenters. The van der Waals surface area contributed by atoms with Crippen LogP contribution in [-0.2, 0) is 0 Å². The summed E-state index contributed by atoms with van der Waals surface area (Å²) in [6.07, 6.45) is 9.66. The minimum absolute atomic E-state index is 0.0857. The number of imidazole rings is 1. The molecule has 34 heavy (non-hydrogen) atoms. The lowest BCUT2D eigenvalue weighted by atomic mass is 9.82. The van der Waals surface area contributed by atoms with E-state index < -0.39 is 0 Å². The molecule has 0 spiro atoms. The number of fused-ring (bicyclic) bond motifs is 2. The number of rotatable bonds is 4. The molecule has 2 fully saturated rings. The molecule has 8 nitrogen and oxygen atoms in total. The monoisotopic (exact) mass is 456 g/mol. The summed E-state index contributed by atoms with van der Waals surface area (Å²) in [7, 11) is 0. The standard InChI is InChI=1S/C26H28N6O2/c33-25-21-6-2-1-5-20(21)24(29-30-25)17-7-9-18(10-8-17)28-26(34)22-16-27-23-15-19(11-14-32(22)23)31-12-3-4-13-31/h1-2,5-6,11,14-18H,3-4,7-10,12-13H2,(H,28,34)(H,30,33). The van der Waals surface area contributed by atoms with Crippen molar-refractivity contribution in [3.05, 3.63) is 70.5 Å². The van der Waals surface area contributed by atoms with E-state index in [1.165, 1.54) is 18.5 Å². The predicted octanol–water partition coefficient (Wildman–Crippen LogP) is 3.63. The number of amides is 1. The number of benzene rings is 1. The number of aromatic amines is 1. The van der Waals surface area contributed by atoms with Gasteiger partial charge in [-0.05, 0) is 50.7 Å². The minimum atomic E-state index is -0.152. The van der Waals surface area contributed by atoms with E-state index in [0.717, 1.165) is 55.5 Å². The highest BCUT2D eigenvalue weighted by molar-refractivity contribution is 5.93. The van der Waals surface area contributed by atoms with Crippen LogP contribution in [0.3, 0.4) is 0 Å². The summed E-state index contributed by atoms with van der Waals surface area (Å²) in [5.41, 5.74) is 3.34. The van der Waals surface area contributed by atoms with Crippen LogP contribution >= 0.6 is 0 Å². The Labute approximate surface area is 197 Å². The summed E-state index contributed by atoms with van der Waals surface area (Å²) < 4.78 is 1.87. The van der Waals surface area contributed by atoms with Gasteiger partial charge in [-0.3, -0.25) is 14.0 Å². The molecular weight excluding hydrogens is 428 g/mol. The van der Waals surface area contributed by atoms with Crippen LogP contribution in [0, 0.1) is 0 Å². The van der Waals surface area contributed by atoms with Crippen LogP contribution in [0.4, 0.5) is 5.69 Å². The largest absolute Gasteiger partial charge is 0.371 e. The molecule has 2 aliphatic rings. The van der Waals surface area contributed by atoms with E-state index >= 15 is 0 Å². The molecule has 3 aromatic heterocycles. The highest BCUT2D eigenvalue weighted by Crippen LogP contribution is 2.34. The Morgan fingerprint density at radius 1 is 1.03 bits per heavy atom. The number of anilines is 1. The molecule has 0 unspecified atom stereocenters. The van der Waals surface area contributed by atoms with Gasteiger partial charge in [-0.2, -0.15) is 5.10 Å². The van der Waals surface area contributed by atoms with Crippen molar-refractivity contribution in [2.75, 3.05) is 18.0 Å². The fraction of sp³-hybridized carbons (Fsp3) is 0.385. The Balaban J connectivity index is 1.13. The Kier molecular flexibility index (Phi) is 5.28. The topological polar surface area (TPSA) is 95.4 Å². The van der Waals surface area contributed by atoms with Crippen molar-refractivity contribution in [2.45, 2.75) is 50.5 Å². The number of nitrogens with one attached hydrogen (secondary N) is 2. The van der Waals surface area contributed by atoms with Crippen LogP contribution in [0.2, 0.25) is 0 Å². The van der Waals surface area contributed by atoms with Gasteiger partial charge in [0.05, 0.1) is 17.3 Å². The van der Waals surface area contributed by atoms with Crippen molar-refractivity contribution >= 4 is 28.0 Å². The third kappa shape index (κ3) is 3.73. The van der Waals surface area contributed by atoms with Gasteiger partial charge in [0, 0.05) is 48.4 Å². The molecular formula is C26H28N6O2. The Morgan fingerprint density at radius 2 is 1.79 bits per heavy atom. The minimum Gasteiger partial charge on any atom is -0.371 e. The fourth-order valence-electron chi connectivity index (χ4n) is 5.53. The Morgan fingerprint density at radius 3 is 2.59 bits per heavy atom. The van der Waals surface area contributed by atoms with Crippen molar-refractivity contribution in [3.63, 3.8) is 0 Å². The van der Waals surface area contributed by atoms with Gasteiger partial charge in [0.25, 0.3) is 11.5 Å². The molecule has 1 saturated carbocycles. The van der Waals surface area contributed by atoms with Crippen LogP contribution in [0.1, 0.15) is 60.6 Å². The van der Waals surface area contributed by atoms with Crippen molar-refractivity contribution in [3.8, 4) is 0 Å². The van der Waals surface area contributed by atoms with Crippen LogP contribution in [0.5, 0.6) is 0 Å². The molecule has 8 heteroatoms. The number of pyridine rings is 1. The lowest BCUT2D eigenvalue weighted by molar-refractivity contribution is 0.0919. The molecule has 1 aliphatic carbocycles. The molecule has 2 N–H and O–H groups in total. The van der Waals surface area contributed by atoms with Gasteiger partial charge in [-0.1, -0.05) is 18.2 Å². The van der Waals surface area contributed by atoms with E-state index in [0.29, 0.717) is 11.1 Å². The normalized spacial score (nSPS) is 20.8. The second-order valence-corrected chi connectivity index (χ2v) is 9.46. The highest BCUT2D eigenvalue weighted by Gasteiger charge is 2.27. The zero-order valence-corrected chi connectivity index (χ0v) is 19.0. The zero-order valence-electron chi connectivity index (χ0n) is 19.0. The predicted molar refractivity (Wildman–Crippen MR) is 131 cm³/mol. The maximum Gasteiger partial charge on any atom is 0.272 e. The molecule has 174 valence electrons. The molecule has 4 aromatic rings. The average molecular weight is 457 g/mol. The summed E-state index contributed by atoms with van der Waals surface area (Å²) >= 11 is 0. The molecule has 1 amide bonds. The first-order valence-corrected chi connectivity index (χ1v) is 12.2. The van der Waals surface area contributed by atoms with Gasteiger partial charge < -0.3 is 10.2 Å². The van der Waals surface area contributed by atoms with Gasteiger partial charge in [0.1, 0.15) is 11.3 Å². The first kappa shape index (κ1) is 20.9. The molecule has 1 saturated heterocycles. The van der Waals surface area contributed by atoms with Gasteiger partial charge in [0.2, 0.25) is 0 Å². The average Bonchev–Trinajstić information content (AvgIpc) is 3.55. The number of carbonyl (C=O) groups excluding carboxylic acids is 1. The molecule has 0 radical (unpaired) electrons. The number of carbonyl (C=O) groups is 1. The lowest BCUT2D eigenvalue weighted by Crippen LogP contribution is -2.38. The van der Waals surface area contributed by atoms with Crippen LogP contribution < -0.4 is 15.8 Å². The highest BCUT2D eigenvalue weighted by atomic mass is 16.2. The van der Waals surface area contributed by atoms with Crippen molar-refractivity contribution < 1.29 is 4.79 Å². The summed E-state index contributed by atoms with van der Waals surface area (Å²) in [5.74, 6) is 0.187. The summed E-state index contributed by atoms with van der Waals surface area (Å²) in [5, 5.41) is 11.9. The maximum atomic E-state index is 13.1. The van der Waals surface area contributed by atoms with Gasteiger partial charge >= 0.3 is 0 Å². The molecule has 6 rings (SSSR count). The van der Waals surface area contributed by atoms with Gasteiger partial charge in [0.15, 0.2) is 0 Å². The van der Waals surface area contributed by atoms with E-state index in [-0.39, 0.29) is 23.4 Å². The Hall–Kier alpha value is -3.68. The first-order valence-electron chi connectivity index (χ1n) is 12.2.